The summed E-state index contributed by atoms with van der Waals surface area (Å²) >= 11 is 0. The Kier molecular flexibility index (Phi) is 7.29. The summed E-state index contributed by atoms with van der Waals surface area (Å²) in [5, 5.41) is 58.1. The maximum Gasteiger partial charge on any atom is 0.379 e. The van der Waals surface area contributed by atoms with Crippen molar-refractivity contribution in [1.82, 2.24) is 0 Å². The summed E-state index contributed by atoms with van der Waals surface area (Å²) in [5.41, 5.74) is -0.289. The molecule has 0 saturated heterocycles. The van der Waals surface area contributed by atoms with Crippen LogP contribution in [0.3, 0.4) is 0 Å². The van der Waals surface area contributed by atoms with Crippen LogP contribution >= 0.6 is 0 Å². The molecule has 6 N–H and O–H groups in total. The second kappa shape index (κ2) is 10.8. The number of carboxylic acid groups (broad SMARTS) is 1. The van der Waals surface area contributed by atoms with Gasteiger partial charge in [-0.1, -0.05) is 12.1 Å². The first-order chi connectivity index (χ1) is 18.5. The van der Waals surface area contributed by atoms with Crippen LogP contribution < -0.4 is 10.4 Å². The lowest BCUT2D eigenvalue weighted by molar-refractivity contribution is -0.160. The van der Waals surface area contributed by atoms with Crippen molar-refractivity contribution < 1.29 is 54.1 Å². The molecular weight excluding hydrogens is 516 g/mol. The normalized spacial score (nSPS) is 11.9. The predicted octanol–water partition coefficient (Wildman–Crippen LogP) is 3.37. The van der Waals surface area contributed by atoms with Crippen molar-refractivity contribution in [2.45, 2.75) is 12.5 Å². The van der Waals surface area contributed by atoms with E-state index in [0.29, 0.717) is 11.1 Å². The van der Waals surface area contributed by atoms with E-state index in [1.54, 1.807) is 0 Å². The Labute approximate surface area is 218 Å². The molecule has 12 heteroatoms. The molecular formula is C27H20O12. The molecule has 1 atom stereocenters. The van der Waals surface area contributed by atoms with Gasteiger partial charge in [-0.05, 0) is 53.6 Å². The second-order valence-corrected chi connectivity index (χ2v) is 8.23. The van der Waals surface area contributed by atoms with E-state index < -0.39 is 46.7 Å². The summed E-state index contributed by atoms with van der Waals surface area (Å²) in [6.07, 6.45) is 0.352. The Morgan fingerprint density at radius 1 is 0.821 bits per heavy atom. The highest BCUT2D eigenvalue weighted by Crippen LogP contribution is 2.34. The zero-order valence-electron chi connectivity index (χ0n) is 19.8. The van der Waals surface area contributed by atoms with Crippen LogP contribution in [0.2, 0.25) is 0 Å². The molecule has 1 heterocycles. The standard InChI is InChI=1S/C27H20O12/c28-16-4-1-14(8-17(16)29)9-23(26(34)35)38-25(33)6-3-13-2-5-21(20(32)7-13)37-24-11-15-10-18(30)19(31)12-22(15)39-27(24)36/h1-8,10-12,23,28-32H,9H2,(H,34,35)/b6-3+/t23-/m0/s1. The lowest BCUT2D eigenvalue weighted by Crippen LogP contribution is -2.28. The fraction of sp³-hybridized carbons (Fsp3) is 0.0741. The SMILES string of the molecule is O=C(/C=C/c1ccc(Oc2cc3cc(O)c(O)cc3oc2=O)c(O)c1)O[C@@H](Cc1ccc(O)c(O)c1)C(=O)O. The van der Waals surface area contributed by atoms with Crippen molar-refractivity contribution in [3.63, 3.8) is 0 Å². The lowest BCUT2D eigenvalue weighted by atomic mass is 10.1. The summed E-state index contributed by atoms with van der Waals surface area (Å²) < 4.78 is 15.5. The van der Waals surface area contributed by atoms with Crippen LogP contribution in [0.5, 0.6) is 40.2 Å². The first-order valence-corrected chi connectivity index (χ1v) is 11.1. The number of carbonyl (C=O) groups excluding carboxylic acids is 1. The largest absolute Gasteiger partial charge is 0.504 e. The molecule has 0 aliphatic rings. The van der Waals surface area contributed by atoms with Gasteiger partial charge in [0.05, 0.1) is 0 Å². The van der Waals surface area contributed by atoms with E-state index in [4.69, 9.17) is 13.9 Å². The number of aliphatic carboxylic acids is 1. The van der Waals surface area contributed by atoms with Crippen molar-refractivity contribution in [3.05, 3.63) is 82.2 Å². The molecule has 3 aromatic carbocycles. The number of phenolic OH excluding ortho intramolecular Hbond substituents is 5. The van der Waals surface area contributed by atoms with Crippen molar-refractivity contribution in [1.29, 1.82) is 0 Å². The Morgan fingerprint density at radius 2 is 1.54 bits per heavy atom. The highest BCUT2D eigenvalue weighted by molar-refractivity contribution is 5.89. The summed E-state index contributed by atoms with van der Waals surface area (Å²) in [4.78, 5) is 35.9. The Bertz CT molecular complexity index is 1670. The van der Waals surface area contributed by atoms with Gasteiger partial charge in [0.25, 0.3) is 0 Å². The molecule has 4 rings (SSSR count). The second-order valence-electron chi connectivity index (χ2n) is 8.23. The summed E-state index contributed by atoms with van der Waals surface area (Å²) in [5.74, 6) is -5.00. The van der Waals surface area contributed by atoms with Crippen LogP contribution in [-0.2, 0) is 20.7 Å². The van der Waals surface area contributed by atoms with Gasteiger partial charge in [0.2, 0.25) is 11.9 Å². The molecule has 0 spiro atoms. The van der Waals surface area contributed by atoms with E-state index in [9.17, 15) is 45.0 Å². The fourth-order valence-electron chi connectivity index (χ4n) is 3.47. The molecule has 0 unspecified atom stereocenters. The molecule has 0 aliphatic heterocycles. The summed E-state index contributed by atoms with van der Waals surface area (Å²) in [6.45, 7) is 0. The van der Waals surface area contributed by atoms with Crippen molar-refractivity contribution >= 4 is 29.0 Å². The Balaban J connectivity index is 1.44. The first kappa shape index (κ1) is 26.4. The summed E-state index contributed by atoms with van der Waals surface area (Å²) in [6, 6.07) is 11.1. The van der Waals surface area contributed by atoms with Crippen molar-refractivity contribution in [2.24, 2.45) is 0 Å². The fourth-order valence-corrected chi connectivity index (χ4v) is 3.47. The van der Waals surface area contributed by atoms with E-state index in [2.05, 4.69) is 0 Å². The molecule has 0 radical (unpaired) electrons. The Morgan fingerprint density at radius 3 is 2.23 bits per heavy atom. The van der Waals surface area contributed by atoms with E-state index in [1.165, 1.54) is 42.5 Å². The van der Waals surface area contributed by atoms with Gasteiger partial charge in [-0.2, -0.15) is 0 Å². The van der Waals surface area contributed by atoms with Gasteiger partial charge < -0.3 is 44.5 Å². The number of fused-ring (bicyclic) bond motifs is 1. The number of rotatable bonds is 8. The third-order valence-corrected chi connectivity index (χ3v) is 5.41. The number of aromatic hydroxyl groups is 5. The van der Waals surface area contributed by atoms with Gasteiger partial charge in [-0.25, -0.2) is 14.4 Å². The molecule has 1 aromatic heterocycles. The lowest BCUT2D eigenvalue weighted by Gasteiger charge is -2.13. The quantitative estimate of drug-likeness (QED) is 0.0830. The number of ether oxygens (including phenoxy) is 2. The van der Waals surface area contributed by atoms with Crippen LogP contribution in [0.25, 0.3) is 17.0 Å². The number of esters is 1. The number of hydrogen-bond acceptors (Lipinski definition) is 11. The first-order valence-electron chi connectivity index (χ1n) is 11.1. The van der Waals surface area contributed by atoms with Crippen molar-refractivity contribution in [2.75, 3.05) is 0 Å². The highest BCUT2D eigenvalue weighted by Gasteiger charge is 2.22. The van der Waals surface area contributed by atoms with Crippen LogP contribution in [0, 0.1) is 0 Å². The smallest absolute Gasteiger partial charge is 0.379 e. The molecule has 0 saturated carbocycles. The average molecular weight is 536 g/mol. The maximum atomic E-state index is 12.2. The van der Waals surface area contributed by atoms with E-state index >= 15 is 0 Å². The van der Waals surface area contributed by atoms with Crippen LogP contribution in [0.1, 0.15) is 11.1 Å². The predicted molar refractivity (Wildman–Crippen MR) is 134 cm³/mol. The van der Waals surface area contributed by atoms with E-state index in [-0.39, 0.29) is 34.6 Å². The van der Waals surface area contributed by atoms with Crippen LogP contribution in [0.15, 0.2) is 69.9 Å². The van der Waals surface area contributed by atoms with Crippen LogP contribution in [-0.4, -0.2) is 48.7 Å². The molecule has 4 aromatic rings. The van der Waals surface area contributed by atoms with Gasteiger partial charge in [0, 0.05) is 23.9 Å². The molecule has 0 fully saturated rings. The molecule has 0 amide bonds. The molecule has 39 heavy (non-hydrogen) atoms. The minimum atomic E-state index is -1.57. The average Bonchev–Trinajstić information content (AvgIpc) is 2.87. The monoisotopic (exact) mass is 536 g/mol. The molecule has 0 aliphatic carbocycles. The van der Waals surface area contributed by atoms with Crippen molar-refractivity contribution in [3.8, 4) is 40.2 Å². The van der Waals surface area contributed by atoms with Gasteiger partial charge in [-0.3, -0.25) is 0 Å². The maximum absolute atomic E-state index is 12.2. The Hall–Kier alpha value is -5.65. The van der Waals surface area contributed by atoms with E-state index in [1.807, 2.05) is 0 Å². The number of benzene rings is 3. The zero-order valence-corrected chi connectivity index (χ0v) is 19.8. The van der Waals surface area contributed by atoms with Crippen LogP contribution in [0.4, 0.5) is 0 Å². The molecule has 200 valence electrons. The number of carboxylic acids is 1. The third-order valence-electron chi connectivity index (χ3n) is 5.41. The minimum absolute atomic E-state index is 0.00518. The number of carbonyl (C=O) groups is 2. The number of hydrogen-bond donors (Lipinski definition) is 6. The molecule has 12 nitrogen and oxygen atoms in total. The van der Waals surface area contributed by atoms with E-state index in [0.717, 1.165) is 24.3 Å². The number of phenols is 5. The van der Waals surface area contributed by atoms with Gasteiger partial charge in [-0.15, -0.1) is 0 Å². The highest BCUT2D eigenvalue weighted by atomic mass is 16.6. The summed E-state index contributed by atoms with van der Waals surface area (Å²) in [7, 11) is 0. The molecule has 0 bridgehead atoms. The third kappa shape index (κ3) is 6.20. The minimum Gasteiger partial charge on any atom is -0.504 e. The topological polar surface area (TPSA) is 204 Å². The van der Waals surface area contributed by atoms with Gasteiger partial charge >= 0.3 is 17.6 Å². The van der Waals surface area contributed by atoms with Gasteiger partial charge in [0.15, 0.2) is 34.5 Å². The van der Waals surface area contributed by atoms with Gasteiger partial charge in [0.1, 0.15) is 5.58 Å². The zero-order chi connectivity index (χ0) is 28.3.